The van der Waals surface area contributed by atoms with Crippen molar-refractivity contribution in [1.82, 2.24) is 20.4 Å². The number of hydrogen-bond acceptors (Lipinski definition) is 3. The molecule has 0 aromatic heterocycles. The lowest BCUT2D eigenvalue weighted by Crippen LogP contribution is -2.50. The fourth-order valence-corrected chi connectivity index (χ4v) is 3.38. The van der Waals surface area contributed by atoms with E-state index in [2.05, 4.69) is 10.6 Å². The summed E-state index contributed by atoms with van der Waals surface area (Å²) in [6, 6.07) is 10.0. The van der Waals surface area contributed by atoms with Crippen LogP contribution in [-0.4, -0.2) is 61.5 Å². The van der Waals surface area contributed by atoms with Crippen LogP contribution in [0, 0.1) is 11.8 Å². The third-order valence-electron chi connectivity index (χ3n) is 5.16. The van der Waals surface area contributed by atoms with Gasteiger partial charge in [-0.3, -0.25) is 4.79 Å². The molecule has 6 nitrogen and oxygen atoms in total. The van der Waals surface area contributed by atoms with Crippen LogP contribution in [0.2, 0.25) is 0 Å². The third kappa shape index (κ3) is 5.35. The van der Waals surface area contributed by atoms with Crippen LogP contribution >= 0.6 is 12.4 Å². The van der Waals surface area contributed by atoms with E-state index >= 15 is 0 Å². The number of piperidine rings is 1. The van der Waals surface area contributed by atoms with E-state index in [9.17, 15) is 9.59 Å². The standard InChI is InChI=1S/C19H28N4O2.ClH/c1-22(14-15-5-3-2-4-6-15)19(25)23-9-7-17(8-10-23)18(24)21-13-16-11-20-12-16;/h2-6,16-17,20H,7-14H2,1H3,(H,21,24);1H. The number of rotatable bonds is 5. The second-order valence-electron chi connectivity index (χ2n) is 7.15. The molecule has 0 radical (unpaired) electrons. The molecule has 2 aliphatic heterocycles. The average molecular weight is 381 g/mol. The number of hydrogen-bond donors (Lipinski definition) is 2. The fraction of sp³-hybridized carbons (Fsp3) is 0.579. The summed E-state index contributed by atoms with van der Waals surface area (Å²) in [6.07, 6.45) is 1.50. The molecule has 2 fully saturated rings. The van der Waals surface area contributed by atoms with Crippen LogP contribution in [-0.2, 0) is 11.3 Å². The van der Waals surface area contributed by atoms with Gasteiger partial charge in [0.25, 0.3) is 0 Å². The lowest BCUT2D eigenvalue weighted by molar-refractivity contribution is -0.126. The first-order valence-electron chi connectivity index (χ1n) is 9.16. The Labute approximate surface area is 161 Å². The molecule has 0 unspecified atom stereocenters. The molecular weight excluding hydrogens is 352 g/mol. The van der Waals surface area contributed by atoms with Crippen molar-refractivity contribution < 1.29 is 9.59 Å². The molecule has 0 bridgehead atoms. The number of carbonyl (C=O) groups excluding carboxylic acids is 2. The van der Waals surface area contributed by atoms with Gasteiger partial charge in [-0.25, -0.2) is 4.79 Å². The molecule has 1 aromatic carbocycles. The summed E-state index contributed by atoms with van der Waals surface area (Å²) in [6.45, 7) is 4.68. The monoisotopic (exact) mass is 380 g/mol. The summed E-state index contributed by atoms with van der Waals surface area (Å²) in [5.74, 6) is 0.769. The Kier molecular flexibility index (Phi) is 7.72. The van der Waals surface area contributed by atoms with Crippen LogP contribution in [0.15, 0.2) is 30.3 Å². The molecule has 2 saturated heterocycles. The average Bonchev–Trinajstić information content (AvgIpc) is 2.60. The van der Waals surface area contributed by atoms with E-state index in [4.69, 9.17) is 0 Å². The van der Waals surface area contributed by atoms with Gasteiger partial charge in [-0.2, -0.15) is 0 Å². The van der Waals surface area contributed by atoms with Crippen molar-refractivity contribution in [2.75, 3.05) is 39.8 Å². The Balaban J connectivity index is 0.00000243. The van der Waals surface area contributed by atoms with Crippen molar-refractivity contribution in [3.05, 3.63) is 35.9 Å². The zero-order valence-electron chi connectivity index (χ0n) is 15.3. The lowest BCUT2D eigenvalue weighted by Gasteiger charge is -2.34. The predicted molar refractivity (Wildman–Crippen MR) is 104 cm³/mol. The molecule has 0 atom stereocenters. The number of halogens is 1. The van der Waals surface area contributed by atoms with Gasteiger partial charge in [0.05, 0.1) is 0 Å². The summed E-state index contributed by atoms with van der Waals surface area (Å²) in [4.78, 5) is 28.4. The maximum atomic E-state index is 12.6. The van der Waals surface area contributed by atoms with Gasteiger partial charge in [0, 0.05) is 58.2 Å². The van der Waals surface area contributed by atoms with E-state index in [1.165, 1.54) is 0 Å². The number of urea groups is 1. The van der Waals surface area contributed by atoms with Gasteiger partial charge in [0.15, 0.2) is 0 Å². The number of carbonyl (C=O) groups is 2. The Morgan fingerprint density at radius 2 is 1.85 bits per heavy atom. The molecule has 1 aromatic rings. The first-order chi connectivity index (χ1) is 12.1. The van der Waals surface area contributed by atoms with E-state index in [1.54, 1.807) is 4.90 Å². The fourth-order valence-electron chi connectivity index (χ4n) is 3.38. The minimum absolute atomic E-state index is 0. The quantitative estimate of drug-likeness (QED) is 0.817. The van der Waals surface area contributed by atoms with E-state index in [1.807, 2.05) is 42.3 Å². The van der Waals surface area contributed by atoms with Crippen molar-refractivity contribution in [3.63, 3.8) is 0 Å². The van der Waals surface area contributed by atoms with Crippen LogP contribution < -0.4 is 10.6 Å². The maximum absolute atomic E-state index is 12.6. The molecule has 7 heteroatoms. The SMILES string of the molecule is CN(Cc1ccccc1)C(=O)N1CCC(C(=O)NCC2CNC2)CC1.Cl. The molecule has 144 valence electrons. The number of amides is 3. The van der Waals surface area contributed by atoms with Crippen molar-refractivity contribution in [1.29, 1.82) is 0 Å². The van der Waals surface area contributed by atoms with Gasteiger partial charge in [-0.05, 0) is 18.4 Å². The largest absolute Gasteiger partial charge is 0.355 e. The summed E-state index contributed by atoms with van der Waals surface area (Å²) in [5.41, 5.74) is 1.12. The highest BCUT2D eigenvalue weighted by Gasteiger charge is 2.29. The lowest BCUT2D eigenvalue weighted by atomic mass is 9.95. The minimum atomic E-state index is 0. The van der Waals surface area contributed by atoms with Crippen molar-refractivity contribution in [2.24, 2.45) is 11.8 Å². The van der Waals surface area contributed by atoms with E-state index in [0.717, 1.165) is 38.0 Å². The topological polar surface area (TPSA) is 64.7 Å². The zero-order valence-corrected chi connectivity index (χ0v) is 16.1. The Morgan fingerprint density at radius 3 is 2.42 bits per heavy atom. The van der Waals surface area contributed by atoms with Crippen LogP contribution in [0.1, 0.15) is 18.4 Å². The van der Waals surface area contributed by atoms with E-state index < -0.39 is 0 Å². The molecule has 2 heterocycles. The Morgan fingerprint density at radius 1 is 1.19 bits per heavy atom. The first-order valence-corrected chi connectivity index (χ1v) is 9.16. The van der Waals surface area contributed by atoms with Crippen LogP contribution in [0.5, 0.6) is 0 Å². The molecule has 0 saturated carbocycles. The summed E-state index contributed by atoms with van der Waals surface area (Å²) >= 11 is 0. The molecule has 26 heavy (non-hydrogen) atoms. The molecule has 2 aliphatic rings. The first kappa shape index (κ1) is 20.5. The van der Waals surface area contributed by atoms with Crippen LogP contribution in [0.3, 0.4) is 0 Å². The molecule has 2 N–H and O–H groups in total. The van der Waals surface area contributed by atoms with Gasteiger partial charge >= 0.3 is 6.03 Å². The second-order valence-corrected chi connectivity index (χ2v) is 7.15. The molecular formula is C19H29ClN4O2. The van der Waals surface area contributed by atoms with Gasteiger partial charge < -0.3 is 20.4 Å². The van der Waals surface area contributed by atoms with Gasteiger partial charge in [-0.1, -0.05) is 30.3 Å². The van der Waals surface area contributed by atoms with Crippen molar-refractivity contribution >= 4 is 24.3 Å². The Bertz CT molecular complexity index is 586. The van der Waals surface area contributed by atoms with Gasteiger partial charge in [-0.15, -0.1) is 12.4 Å². The van der Waals surface area contributed by atoms with Crippen LogP contribution in [0.4, 0.5) is 4.79 Å². The van der Waals surface area contributed by atoms with Gasteiger partial charge in [0.1, 0.15) is 0 Å². The van der Waals surface area contributed by atoms with E-state index in [0.29, 0.717) is 25.6 Å². The number of nitrogens with one attached hydrogen (secondary N) is 2. The normalized spacial score (nSPS) is 17.8. The van der Waals surface area contributed by atoms with Crippen molar-refractivity contribution in [2.45, 2.75) is 19.4 Å². The zero-order chi connectivity index (χ0) is 17.6. The molecule has 3 amide bonds. The summed E-state index contributed by atoms with van der Waals surface area (Å²) < 4.78 is 0. The number of benzene rings is 1. The summed E-state index contributed by atoms with van der Waals surface area (Å²) in [5, 5.41) is 6.27. The molecule has 0 aliphatic carbocycles. The highest BCUT2D eigenvalue weighted by atomic mass is 35.5. The summed E-state index contributed by atoms with van der Waals surface area (Å²) in [7, 11) is 1.83. The smallest absolute Gasteiger partial charge is 0.320 e. The highest BCUT2D eigenvalue weighted by molar-refractivity contribution is 5.85. The third-order valence-corrected chi connectivity index (χ3v) is 5.16. The van der Waals surface area contributed by atoms with Crippen LogP contribution in [0.25, 0.3) is 0 Å². The number of likely N-dealkylation sites (tertiary alicyclic amines) is 1. The second kappa shape index (κ2) is 9.78. The van der Waals surface area contributed by atoms with Gasteiger partial charge in [0.2, 0.25) is 5.91 Å². The Hall–Kier alpha value is -1.79. The maximum Gasteiger partial charge on any atom is 0.320 e. The van der Waals surface area contributed by atoms with E-state index in [-0.39, 0.29) is 30.3 Å². The predicted octanol–water partition coefficient (Wildman–Crippen LogP) is 1.71. The molecule has 0 spiro atoms. The minimum Gasteiger partial charge on any atom is -0.355 e. The van der Waals surface area contributed by atoms with Crippen molar-refractivity contribution in [3.8, 4) is 0 Å². The highest BCUT2D eigenvalue weighted by Crippen LogP contribution is 2.19. The number of nitrogens with zero attached hydrogens (tertiary/aromatic N) is 2. The molecule has 3 rings (SSSR count).